The number of nitrogens with zero attached hydrogens (tertiary/aromatic N) is 1. The van der Waals surface area contributed by atoms with Gasteiger partial charge in [-0.05, 0) is 12.1 Å². The predicted octanol–water partition coefficient (Wildman–Crippen LogP) is 2.25. The standard InChI is InChI=1S/C6H5FN2OS.W/c7-11-5-2-1-4(3-9-5)6(8)10;/h1-3H,(H2,8,10);/p-1. The van der Waals surface area contributed by atoms with E-state index in [-0.39, 0.29) is 43.8 Å². The van der Waals surface area contributed by atoms with E-state index >= 15 is 0 Å². The minimum atomic E-state index is -0.812. The van der Waals surface area contributed by atoms with Gasteiger partial charge in [0.25, 0.3) is 0 Å². The Hall–Kier alpha value is -0.412. The van der Waals surface area contributed by atoms with Crippen LogP contribution in [0.3, 0.4) is 0 Å². The average molecular weight is 355 g/mol. The first-order valence-electron chi connectivity index (χ1n) is 2.74. The van der Waals surface area contributed by atoms with Crippen molar-refractivity contribution in [2.24, 2.45) is 0 Å². The maximum atomic E-state index is 11.8. The molecule has 1 aromatic rings. The molecule has 1 rings (SSSR count). The first kappa shape index (κ1) is 11.6. The van der Waals surface area contributed by atoms with Crippen molar-refractivity contribution in [2.45, 2.75) is 5.03 Å². The monoisotopic (exact) mass is 355 g/mol. The van der Waals surface area contributed by atoms with Crippen LogP contribution in [0.15, 0.2) is 23.4 Å². The van der Waals surface area contributed by atoms with E-state index in [1.54, 1.807) is 0 Å². The number of hydrogen-bond acceptors (Lipinski definition) is 3. The van der Waals surface area contributed by atoms with Crippen LogP contribution in [0.25, 0.3) is 5.73 Å². The Bertz CT molecular complexity index is 267. The molecule has 0 aliphatic carbocycles. The van der Waals surface area contributed by atoms with Crippen LogP contribution < -0.4 is 0 Å². The quantitative estimate of drug-likeness (QED) is 0.818. The van der Waals surface area contributed by atoms with E-state index in [1.165, 1.54) is 18.3 Å². The van der Waals surface area contributed by atoms with Gasteiger partial charge in [-0.2, -0.15) is 3.89 Å². The molecule has 0 aliphatic heterocycles. The van der Waals surface area contributed by atoms with Gasteiger partial charge >= 0.3 is 0 Å². The summed E-state index contributed by atoms with van der Waals surface area (Å²) < 4.78 is 11.8. The van der Waals surface area contributed by atoms with Gasteiger partial charge < -0.3 is 10.5 Å². The van der Waals surface area contributed by atoms with Crippen LogP contribution in [0.4, 0.5) is 3.89 Å². The van der Waals surface area contributed by atoms with Crippen LogP contribution in [-0.4, -0.2) is 10.9 Å². The van der Waals surface area contributed by atoms with E-state index in [9.17, 15) is 8.68 Å². The van der Waals surface area contributed by atoms with Gasteiger partial charge in [-0.15, -0.1) is 0 Å². The number of carbonyl (C=O) groups is 1. The summed E-state index contributed by atoms with van der Waals surface area (Å²) in [5.41, 5.74) is 6.84. The van der Waals surface area contributed by atoms with E-state index in [4.69, 9.17) is 5.73 Å². The molecule has 0 aromatic carbocycles. The number of halogens is 1. The number of carbonyl (C=O) groups excluding carboxylic acids is 1. The van der Waals surface area contributed by atoms with Crippen molar-refractivity contribution in [3.63, 3.8) is 0 Å². The van der Waals surface area contributed by atoms with Gasteiger partial charge in [0, 0.05) is 32.8 Å². The van der Waals surface area contributed by atoms with Gasteiger partial charge in [0.15, 0.2) is 0 Å². The maximum absolute atomic E-state index is 11.8. The van der Waals surface area contributed by atoms with Gasteiger partial charge in [-0.1, -0.05) is 0 Å². The summed E-state index contributed by atoms with van der Waals surface area (Å²) in [6.07, 6.45) is 1.18. The molecule has 0 fully saturated rings. The Balaban J connectivity index is 0.00000121. The second kappa shape index (κ2) is 5.27. The van der Waals surface area contributed by atoms with Gasteiger partial charge in [-0.25, -0.2) is 4.98 Å². The molecule has 0 spiro atoms. The molecule has 12 heavy (non-hydrogen) atoms. The molecule has 0 saturated heterocycles. The zero-order valence-corrected chi connectivity index (χ0v) is 9.53. The first-order valence-corrected chi connectivity index (χ1v) is 3.46. The summed E-state index contributed by atoms with van der Waals surface area (Å²) in [4.78, 5) is 13.9. The minimum absolute atomic E-state index is 0. The Kier molecular flexibility index (Phi) is 5.09. The predicted molar refractivity (Wildman–Crippen MR) is 39.9 cm³/mol. The summed E-state index contributed by atoms with van der Waals surface area (Å²) in [5, 5.41) is 0.190. The molecule has 0 unspecified atom stereocenters. The fourth-order valence-corrected chi connectivity index (χ4v) is 0.772. The number of rotatable bonds is 2. The van der Waals surface area contributed by atoms with Gasteiger partial charge in [-0.3, -0.25) is 0 Å². The number of pyridine rings is 1. The molecule has 64 valence electrons. The second-order valence-corrected chi connectivity index (χ2v) is 2.36. The largest absolute Gasteiger partial charge is 0.664 e. The van der Waals surface area contributed by atoms with Crippen molar-refractivity contribution >= 4 is 18.1 Å². The molecule has 0 atom stereocenters. The van der Waals surface area contributed by atoms with E-state index < -0.39 is 5.91 Å². The van der Waals surface area contributed by atoms with Crippen molar-refractivity contribution in [3.05, 3.63) is 29.6 Å². The summed E-state index contributed by atoms with van der Waals surface area (Å²) >= 11 is 0.00558. The number of hydrogen-bond donors (Lipinski definition) is 0. The molecule has 1 aromatic heterocycles. The third-order valence-electron chi connectivity index (χ3n) is 1.08. The number of amides is 1. The molecule has 0 aliphatic rings. The Morgan fingerprint density at radius 2 is 2.25 bits per heavy atom. The Morgan fingerprint density at radius 3 is 2.58 bits per heavy atom. The molecule has 3 nitrogen and oxygen atoms in total. The molecule has 1 N–H and O–H groups in total. The average Bonchev–Trinajstić information content (AvgIpc) is 2.05. The molecule has 1 amide bonds. The fraction of sp³-hybridized carbons (Fsp3) is 0. The number of nitrogens with one attached hydrogen (secondary N) is 1. The topological polar surface area (TPSA) is 53.8 Å². The SMILES string of the molecule is [NH-]C(=O)c1ccc(SF)nc1.[W]. The maximum Gasteiger partial charge on any atom is 0.129 e. The normalized spacial score (nSPS) is 8.75. The van der Waals surface area contributed by atoms with Crippen LogP contribution in [-0.2, 0) is 21.1 Å². The van der Waals surface area contributed by atoms with E-state index in [0.717, 1.165) is 0 Å². The van der Waals surface area contributed by atoms with Crippen molar-refractivity contribution in [1.82, 2.24) is 4.98 Å². The van der Waals surface area contributed by atoms with Crippen molar-refractivity contribution in [3.8, 4) is 0 Å². The first-order chi connectivity index (χ1) is 5.24. The summed E-state index contributed by atoms with van der Waals surface area (Å²) in [7, 11) is 0. The third kappa shape index (κ3) is 2.91. The van der Waals surface area contributed by atoms with Crippen LogP contribution >= 0.6 is 12.1 Å². The molecular weight excluding hydrogens is 351 g/mol. The fourth-order valence-electron chi connectivity index (χ4n) is 0.560. The zero-order valence-electron chi connectivity index (χ0n) is 5.78. The van der Waals surface area contributed by atoms with Gasteiger partial charge in [0.2, 0.25) is 0 Å². The van der Waals surface area contributed by atoms with Crippen LogP contribution in [0.5, 0.6) is 0 Å². The van der Waals surface area contributed by atoms with Crippen LogP contribution in [0, 0.1) is 0 Å². The molecule has 0 bridgehead atoms. The number of aromatic nitrogens is 1. The van der Waals surface area contributed by atoms with E-state index in [1.807, 2.05) is 0 Å². The Labute approximate surface area is 87.5 Å². The van der Waals surface area contributed by atoms with Crippen molar-refractivity contribution < 1.29 is 29.7 Å². The third-order valence-corrected chi connectivity index (χ3v) is 1.48. The summed E-state index contributed by atoms with van der Waals surface area (Å²) in [6, 6.07) is 2.72. The van der Waals surface area contributed by atoms with Crippen molar-refractivity contribution in [2.75, 3.05) is 0 Å². The summed E-state index contributed by atoms with van der Waals surface area (Å²) in [5.74, 6) is -0.812. The smallest absolute Gasteiger partial charge is 0.129 e. The second-order valence-electron chi connectivity index (χ2n) is 1.79. The van der Waals surface area contributed by atoms with E-state index in [2.05, 4.69) is 4.98 Å². The van der Waals surface area contributed by atoms with Gasteiger partial charge in [0.05, 0.1) is 5.91 Å². The molecule has 6 heteroatoms. The van der Waals surface area contributed by atoms with Crippen LogP contribution in [0.2, 0.25) is 0 Å². The van der Waals surface area contributed by atoms with E-state index in [0.29, 0.717) is 0 Å². The molecule has 0 saturated carbocycles. The van der Waals surface area contributed by atoms with Crippen LogP contribution in [0.1, 0.15) is 10.4 Å². The summed E-state index contributed by atoms with van der Waals surface area (Å²) in [6.45, 7) is 0. The Morgan fingerprint density at radius 1 is 1.58 bits per heavy atom. The van der Waals surface area contributed by atoms with Gasteiger partial charge in [0.1, 0.15) is 17.2 Å². The molecule has 1 heterocycles. The minimum Gasteiger partial charge on any atom is -0.664 e. The molecule has 0 radical (unpaired) electrons. The van der Waals surface area contributed by atoms with Crippen molar-refractivity contribution in [1.29, 1.82) is 0 Å². The zero-order chi connectivity index (χ0) is 8.27. The molecular formula is C6H4FN2OSW-.